The second-order valence-electron chi connectivity index (χ2n) is 4.76. The van der Waals surface area contributed by atoms with Crippen molar-refractivity contribution in [3.63, 3.8) is 0 Å². The quantitative estimate of drug-likeness (QED) is 0.675. The van der Waals surface area contributed by atoms with Crippen molar-refractivity contribution < 1.29 is 4.79 Å². The third-order valence-corrected chi connectivity index (χ3v) is 3.48. The van der Waals surface area contributed by atoms with E-state index >= 15 is 0 Å². The molecule has 1 aliphatic rings. The van der Waals surface area contributed by atoms with Crippen LogP contribution in [0.3, 0.4) is 0 Å². The first-order valence-corrected chi connectivity index (χ1v) is 6.82. The van der Waals surface area contributed by atoms with E-state index in [-0.39, 0.29) is 5.91 Å². The number of amides is 1. The number of carbonyl (C=O) groups is 1. The highest BCUT2D eigenvalue weighted by Gasteiger charge is 2.26. The van der Waals surface area contributed by atoms with E-state index in [2.05, 4.69) is 29.4 Å². The highest BCUT2D eigenvalue weighted by Crippen LogP contribution is 2.11. The molecule has 5 heteroatoms. The van der Waals surface area contributed by atoms with Crippen molar-refractivity contribution in [2.24, 2.45) is 0 Å². The van der Waals surface area contributed by atoms with E-state index in [1.807, 2.05) is 6.07 Å². The van der Waals surface area contributed by atoms with Crippen LogP contribution in [-0.4, -0.2) is 49.1 Å². The molecule has 0 aromatic heterocycles. The summed E-state index contributed by atoms with van der Waals surface area (Å²) in [5.41, 5.74) is 0. The molecule has 0 bridgehead atoms. The Morgan fingerprint density at radius 2 is 2.28 bits per heavy atom. The highest BCUT2D eigenvalue weighted by atomic mass is 16.2. The van der Waals surface area contributed by atoms with Gasteiger partial charge in [0.2, 0.25) is 5.91 Å². The summed E-state index contributed by atoms with van der Waals surface area (Å²) in [6.45, 7) is 7.10. The van der Waals surface area contributed by atoms with Crippen molar-refractivity contribution in [3.05, 3.63) is 0 Å². The third kappa shape index (κ3) is 4.63. The number of piperazine rings is 1. The Morgan fingerprint density at radius 1 is 1.50 bits per heavy atom. The second-order valence-corrected chi connectivity index (χ2v) is 4.76. The van der Waals surface area contributed by atoms with E-state index in [0.717, 1.165) is 25.9 Å². The molecule has 5 nitrogen and oxygen atoms in total. The largest absolute Gasteiger partial charge is 0.354 e. The Labute approximate surface area is 110 Å². The molecule has 102 valence electrons. The summed E-state index contributed by atoms with van der Waals surface area (Å²) in [6, 6.07) is 2.95. The third-order valence-electron chi connectivity index (χ3n) is 3.48. The lowest BCUT2D eigenvalue weighted by atomic mass is 10.1. The molecule has 1 heterocycles. The van der Waals surface area contributed by atoms with Crippen LogP contribution in [0.4, 0.5) is 0 Å². The van der Waals surface area contributed by atoms with Crippen LogP contribution in [0.2, 0.25) is 0 Å². The molecular weight excluding hydrogens is 228 g/mol. The van der Waals surface area contributed by atoms with Gasteiger partial charge in [0.25, 0.3) is 0 Å². The Balaban J connectivity index is 2.40. The van der Waals surface area contributed by atoms with E-state index in [9.17, 15) is 4.79 Å². The van der Waals surface area contributed by atoms with Crippen LogP contribution in [0.1, 0.15) is 33.1 Å². The minimum atomic E-state index is 0.0282. The van der Waals surface area contributed by atoms with Gasteiger partial charge in [-0.05, 0) is 12.8 Å². The Bertz CT molecular complexity index is 300. The van der Waals surface area contributed by atoms with Gasteiger partial charge in [-0.2, -0.15) is 5.26 Å². The van der Waals surface area contributed by atoms with Crippen LogP contribution in [0.25, 0.3) is 0 Å². The highest BCUT2D eigenvalue weighted by molar-refractivity contribution is 5.78. The average Bonchev–Trinajstić information content (AvgIpc) is 2.39. The molecular formula is C13H24N4O. The monoisotopic (exact) mass is 252 g/mol. The standard InChI is InChI=1S/C13H24N4O/c1-3-11-9-17(12(4-2)8-16-11)10-13(18)15-7-5-6-14/h11-12,16H,3-5,7-10H2,1-2H3,(H,15,18). The van der Waals surface area contributed by atoms with Crippen molar-refractivity contribution in [1.82, 2.24) is 15.5 Å². The fraction of sp³-hybridized carbons (Fsp3) is 0.846. The van der Waals surface area contributed by atoms with Crippen molar-refractivity contribution >= 4 is 5.91 Å². The topological polar surface area (TPSA) is 68.2 Å². The minimum absolute atomic E-state index is 0.0282. The second kappa shape index (κ2) is 8.06. The van der Waals surface area contributed by atoms with E-state index < -0.39 is 0 Å². The molecule has 0 radical (unpaired) electrons. The zero-order chi connectivity index (χ0) is 13.4. The number of nitrogens with one attached hydrogen (secondary N) is 2. The van der Waals surface area contributed by atoms with Crippen molar-refractivity contribution in [2.75, 3.05) is 26.2 Å². The van der Waals surface area contributed by atoms with E-state index in [1.54, 1.807) is 0 Å². The maximum absolute atomic E-state index is 11.8. The van der Waals surface area contributed by atoms with E-state index in [0.29, 0.717) is 31.6 Å². The zero-order valence-corrected chi connectivity index (χ0v) is 11.4. The number of carbonyl (C=O) groups excluding carboxylic acids is 1. The maximum atomic E-state index is 11.8. The van der Waals surface area contributed by atoms with Gasteiger partial charge in [-0.1, -0.05) is 13.8 Å². The van der Waals surface area contributed by atoms with Gasteiger partial charge in [0.1, 0.15) is 0 Å². The molecule has 0 aromatic rings. The number of rotatable bonds is 6. The van der Waals surface area contributed by atoms with Gasteiger partial charge in [-0.3, -0.25) is 9.69 Å². The molecule has 0 spiro atoms. The number of nitrogens with zero attached hydrogens (tertiary/aromatic N) is 2. The zero-order valence-electron chi connectivity index (χ0n) is 11.4. The number of hydrogen-bond acceptors (Lipinski definition) is 4. The lowest BCUT2D eigenvalue weighted by molar-refractivity contribution is -0.123. The van der Waals surface area contributed by atoms with E-state index in [4.69, 9.17) is 5.26 Å². The van der Waals surface area contributed by atoms with Gasteiger partial charge in [-0.15, -0.1) is 0 Å². The molecule has 2 atom stereocenters. The van der Waals surface area contributed by atoms with Crippen LogP contribution < -0.4 is 10.6 Å². The molecule has 2 unspecified atom stereocenters. The summed E-state index contributed by atoms with van der Waals surface area (Å²) in [5, 5.41) is 14.7. The van der Waals surface area contributed by atoms with Gasteiger partial charge >= 0.3 is 0 Å². The van der Waals surface area contributed by atoms with Crippen LogP contribution in [0.5, 0.6) is 0 Å². The Kier molecular flexibility index (Phi) is 6.69. The lowest BCUT2D eigenvalue weighted by Crippen LogP contribution is -2.58. The molecule has 18 heavy (non-hydrogen) atoms. The number of hydrogen-bond donors (Lipinski definition) is 2. The first-order valence-electron chi connectivity index (χ1n) is 6.82. The van der Waals surface area contributed by atoms with E-state index in [1.165, 1.54) is 0 Å². The first-order chi connectivity index (χ1) is 8.71. The molecule has 2 N–H and O–H groups in total. The fourth-order valence-corrected chi connectivity index (χ4v) is 2.30. The van der Waals surface area contributed by atoms with Gasteiger partial charge in [0.15, 0.2) is 0 Å². The normalized spacial score (nSPS) is 24.5. The Hall–Kier alpha value is -1.12. The molecule has 1 amide bonds. The van der Waals surface area contributed by atoms with Crippen LogP contribution >= 0.6 is 0 Å². The molecule has 0 aromatic carbocycles. The van der Waals surface area contributed by atoms with Crippen LogP contribution in [0.15, 0.2) is 0 Å². The SMILES string of the molecule is CCC1CN(CC(=O)NCCC#N)C(CC)CN1. The van der Waals surface area contributed by atoms with Crippen molar-refractivity contribution in [3.8, 4) is 6.07 Å². The van der Waals surface area contributed by atoms with Crippen LogP contribution in [0, 0.1) is 11.3 Å². The number of nitriles is 1. The minimum Gasteiger partial charge on any atom is -0.354 e. The molecule has 0 aliphatic carbocycles. The predicted molar refractivity (Wildman–Crippen MR) is 71.0 cm³/mol. The molecule has 0 saturated carbocycles. The summed E-state index contributed by atoms with van der Waals surface area (Å²) in [5.74, 6) is 0.0282. The molecule has 1 aliphatic heterocycles. The summed E-state index contributed by atoms with van der Waals surface area (Å²) in [6.07, 6.45) is 2.51. The first kappa shape index (κ1) is 14.9. The van der Waals surface area contributed by atoms with Gasteiger partial charge in [-0.25, -0.2) is 0 Å². The summed E-state index contributed by atoms with van der Waals surface area (Å²) in [7, 11) is 0. The van der Waals surface area contributed by atoms with Gasteiger partial charge in [0.05, 0.1) is 19.0 Å². The lowest BCUT2D eigenvalue weighted by Gasteiger charge is -2.39. The molecule has 1 fully saturated rings. The summed E-state index contributed by atoms with van der Waals surface area (Å²) < 4.78 is 0. The average molecular weight is 252 g/mol. The maximum Gasteiger partial charge on any atom is 0.234 e. The van der Waals surface area contributed by atoms with Gasteiger partial charge < -0.3 is 10.6 Å². The summed E-state index contributed by atoms with van der Waals surface area (Å²) >= 11 is 0. The molecule has 1 saturated heterocycles. The smallest absolute Gasteiger partial charge is 0.234 e. The summed E-state index contributed by atoms with van der Waals surface area (Å²) in [4.78, 5) is 14.0. The van der Waals surface area contributed by atoms with Crippen molar-refractivity contribution in [2.45, 2.75) is 45.2 Å². The fourth-order valence-electron chi connectivity index (χ4n) is 2.30. The predicted octanol–water partition coefficient (Wildman–Crippen LogP) is 0.479. The Morgan fingerprint density at radius 3 is 2.89 bits per heavy atom. The van der Waals surface area contributed by atoms with Gasteiger partial charge in [0, 0.05) is 31.7 Å². The molecule has 1 rings (SSSR count). The van der Waals surface area contributed by atoms with Crippen LogP contribution in [-0.2, 0) is 4.79 Å². The van der Waals surface area contributed by atoms with Crippen molar-refractivity contribution in [1.29, 1.82) is 5.26 Å².